The molecule has 1 amide bonds. The summed E-state index contributed by atoms with van der Waals surface area (Å²) in [5.74, 6) is -0.665. The van der Waals surface area contributed by atoms with Gasteiger partial charge < -0.3 is 10.1 Å². The zero-order valence-electron chi connectivity index (χ0n) is 14.5. The molecule has 0 aliphatic rings. The van der Waals surface area contributed by atoms with Gasteiger partial charge in [0.15, 0.2) is 5.11 Å². The van der Waals surface area contributed by atoms with Crippen LogP contribution in [0.5, 0.6) is 0 Å². The molecule has 0 unspecified atom stereocenters. The molecule has 2 aromatic carbocycles. The maximum absolute atomic E-state index is 12.2. The van der Waals surface area contributed by atoms with Gasteiger partial charge in [0.2, 0.25) is 0 Å². The molecule has 5 nitrogen and oxygen atoms in total. The smallest absolute Gasteiger partial charge is 0.338 e. The van der Waals surface area contributed by atoms with Crippen LogP contribution in [0.4, 0.5) is 5.69 Å². The SMILES string of the molecule is CCCOC(=O)c1ccc(NC(=S)NC(=O)c2ccc(C)c(Br)c2)cc1. The number of amides is 1. The average Bonchev–Trinajstić information content (AvgIpc) is 2.62. The predicted octanol–water partition coefficient (Wildman–Crippen LogP) is 4.45. The zero-order valence-corrected chi connectivity index (χ0v) is 16.9. The van der Waals surface area contributed by atoms with Crippen molar-refractivity contribution in [3.05, 3.63) is 63.6 Å². The minimum absolute atomic E-state index is 0.174. The molecule has 0 spiro atoms. The second kappa shape index (κ2) is 9.45. The molecule has 2 N–H and O–H groups in total. The first-order chi connectivity index (χ1) is 12.4. The van der Waals surface area contributed by atoms with Crippen LogP contribution in [0, 0.1) is 6.92 Å². The Labute approximate surface area is 166 Å². The highest BCUT2D eigenvalue weighted by Gasteiger charge is 2.10. The summed E-state index contributed by atoms with van der Waals surface area (Å²) in [6, 6.07) is 12.0. The van der Waals surface area contributed by atoms with Crippen LogP contribution in [0.25, 0.3) is 0 Å². The van der Waals surface area contributed by atoms with Crippen molar-refractivity contribution >= 4 is 50.8 Å². The lowest BCUT2D eigenvalue weighted by Crippen LogP contribution is -2.34. The minimum Gasteiger partial charge on any atom is -0.462 e. The number of esters is 1. The number of carbonyl (C=O) groups is 2. The fraction of sp³-hybridized carbons (Fsp3) is 0.211. The van der Waals surface area contributed by atoms with E-state index in [0.29, 0.717) is 23.4 Å². The van der Waals surface area contributed by atoms with Crippen LogP contribution < -0.4 is 10.6 Å². The second-order valence-electron chi connectivity index (χ2n) is 5.59. The number of rotatable bonds is 5. The third-order valence-corrected chi connectivity index (χ3v) is 4.54. The Kier molecular flexibility index (Phi) is 7.29. The number of thiocarbonyl (C=S) groups is 1. The standard InChI is InChI=1S/C19H19BrN2O3S/c1-3-10-25-18(24)13-6-8-15(9-7-13)21-19(26)22-17(23)14-5-4-12(2)16(20)11-14/h4-9,11H,3,10H2,1-2H3,(H2,21,22,23,26). The quantitative estimate of drug-likeness (QED) is 0.537. The first-order valence-corrected chi connectivity index (χ1v) is 9.26. The predicted molar refractivity (Wildman–Crippen MR) is 110 cm³/mol. The summed E-state index contributed by atoms with van der Waals surface area (Å²) in [5.41, 5.74) is 2.66. The topological polar surface area (TPSA) is 67.4 Å². The van der Waals surface area contributed by atoms with Crippen LogP contribution in [0.2, 0.25) is 0 Å². The number of aryl methyl sites for hydroxylation is 1. The van der Waals surface area contributed by atoms with Gasteiger partial charge >= 0.3 is 5.97 Å². The molecule has 0 heterocycles. The first-order valence-electron chi connectivity index (χ1n) is 8.06. The van der Waals surface area contributed by atoms with Crippen LogP contribution in [-0.2, 0) is 4.74 Å². The van der Waals surface area contributed by atoms with Gasteiger partial charge in [0.1, 0.15) is 0 Å². The molecule has 0 aliphatic carbocycles. The summed E-state index contributed by atoms with van der Waals surface area (Å²) in [6.07, 6.45) is 0.775. The zero-order chi connectivity index (χ0) is 19.1. The summed E-state index contributed by atoms with van der Waals surface area (Å²) in [7, 11) is 0. The number of hydrogen-bond donors (Lipinski definition) is 2. The number of halogens is 1. The first kappa shape index (κ1) is 20.1. The van der Waals surface area contributed by atoms with Gasteiger partial charge in [-0.2, -0.15) is 0 Å². The maximum atomic E-state index is 12.2. The van der Waals surface area contributed by atoms with Crippen molar-refractivity contribution in [2.45, 2.75) is 20.3 Å². The van der Waals surface area contributed by atoms with Gasteiger partial charge in [-0.25, -0.2) is 4.79 Å². The molecular formula is C19H19BrN2O3S. The summed E-state index contributed by atoms with van der Waals surface area (Å²) in [5, 5.41) is 5.71. The molecule has 26 heavy (non-hydrogen) atoms. The summed E-state index contributed by atoms with van der Waals surface area (Å²) >= 11 is 8.57. The number of carbonyl (C=O) groups excluding carboxylic acids is 2. The molecule has 0 radical (unpaired) electrons. The van der Waals surface area contributed by atoms with E-state index in [4.69, 9.17) is 17.0 Å². The molecule has 0 aliphatic heterocycles. The van der Waals surface area contributed by atoms with Crippen molar-refractivity contribution in [3.63, 3.8) is 0 Å². The third kappa shape index (κ3) is 5.64. The van der Waals surface area contributed by atoms with Crippen molar-refractivity contribution in [1.29, 1.82) is 0 Å². The van der Waals surface area contributed by atoms with Gasteiger partial charge in [-0.05, 0) is 67.5 Å². The molecule has 2 aromatic rings. The van der Waals surface area contributed by atoms with E-state index >= 15 is 0 Å². The van der Waals surface area contributed by atoms with E-state index in [1.807, 2.05) is 19.9 Å². The average molecular weight is 435 g/mol. The number of hydrogen-bond acceptors (Lipinski definition) is 4. The normalized spacial score (nSPS) is 10.1. The van der Waals surface area contributed by atoms with Crippen LogP contribution >= 0.6 is 28.1 Å². The number of benzene rings is 2. The number of nitrogens with one attached hydrogen (secondary N) is 2. The highest BCUT2D eigenvalue weighted by Crippen LogP contribution is 2.17. The largest absolute Gasteiger partial charge is 0.462 e. The lowest BCUT2D eigenvalue weighted by molar-refractivity contribution is 0.0505. The van der Waals surface area contributed by atoms with E-state index < -0.39 is 0 Å². The molecule has 0 saturated carbocycles. The Hall–Kier alpha value is -2.25. The molecule has 0 fully saturated rings. The van der Waals surface area contributed by atoms with Crippen molar-refractivity contribution < 1.29 is 14.3 Å². The van der Waals surface area contributed by atoms with Crippen LogP contribution in [0.3, 0.4) is 0 Å². The number of anilines is 1. The molecule has 0 bridgehead atoms. The van der Waals surface area contributed by atoms with E-state index in [-0.39, 0.29) is 17.0 Å². The maximum Gasteiger partial charge on any atom is 0.338 e. The molecule has 7 heteroatoms. The van der Waals surface area contributed by atoms with Crippen molar-refractivity contribution in [2.75, 3.05) is 11.9 Å². The van der Waals surface area contributed by atoms with E-state index in [1.54, 1.807) is 36.4 Å². The highest BCUT2D eigenvalue weighted by molar-refractivity contribution is 9.10. The molecule has 0 aromatic heterocycles. The van der Waals surface area contributed by atoms with Crippen LogP contribution in [0.15, 0.2) is 46.9 Å². The summed E-state index contributed by atoms with van der Waals surface area (Å²) < 4.78 is 5.93. The molecule has 136 valence electrons. The van der Waals surface area contributed by atoms with Crippen molar-refractivity contribution in [3.8, 4) is 0 Å². The van der Waals surface area contributed by atoms with Crippen LogP contribution in [0.1, 0.15) is 39.6 Å². The van der Waals surface area contributed by atoms with Gasteiger partial charge in [0.05, 0.1) is 12.2 Å². The van der Waals surface area contributed by atoms with Crippen molar-refractivity contribution in [2.24, 2.45) is 0 Å². The van der Waals surface area contributed by atoms with E-state index in [0.717, 1.165) is 16.5 Å². The fourth-order valence-electron chi connectivity index (χ4n) is 2.04. The molecule has 0 saturated heterocycles. The Morgan fingerprint density at radius 3 is 2.38 bits per heavy atom. The Bertz CT molecular complexity index is 822. The second-order valence-corrected chi connectivity index (χ2v) is 6.85. The lowest BCUT2D eigenvalue weighted by Gasteiger charge is -2.11. The van der Waals surface area contributed by atoms with Gasteiger partial charge in [0, 0.05) is 15.7 Å². The summed E-state index contributed by atoms with van der Waals surface area (Å²) in [6.45, 7) is 4.27. The van der Waals surface area contributed by atoms with Gasteiger partial charge in [0.25, 0.3) is 5.91 Å². The minimum atomic E-state index is -0.362. The highest BCUT2D eigenvalue weighted by atomic mass is 79.9. The van der Waals surface area contributed by atoms with Gasteiger partial charge in [-0.1, -0.05) is 28.9 Å². The lowest BCUT2D eigenvalue weighted by atomic mass is 10.1. The third-order valence-electron chi connectivity index (χ3n) is 3.48. The van der Waals surface area contributed by atoms with Gasteiger partial charge in [-0.15, -0.1) is 0 Å². The fourth-order valence-corrected chi connectivity index (χ4v) is 2.63. The Balaban J connectivity index is 1.93. The van der Waals surface area contributed by atoms with Crippen LogP contribution in [-0.4, -0.2) is 23.6 Å². The summed E-state index contributed by atoms with van der Waals surface area (Å²) in [4.78, 5) is 24.0. The van der Waals surface area contributed by atoms with Crippen molar-refractivity contribution in [1.82, 2.24) is 5.32 Å². The number of ether oxygens (including phenoxy) is 1. The monoisotopic (exact) mass is 434 g/mol. The molecule has 0 atom stereocenters. The van der Waals surface area contributed by atoms with E-state index in [9.17, 15) is 9.59 Å². The Morgan fingerprint density at radius 1 is 1.12 bits per heavy atom. The molecule has 2 rings (SSSR count). The molecular weight excluding hydrogens is 416 g/mol. The van der Waals surface area contributed by atoms with Gasteiger partial charge in [-0.3, -0.25) is 10.1 Å². The van der Waals surface area contributed by atoms with E-state index in [2.05, 4.69) is 26.6 Å². The Morgan fingerprint density at radius 2 is 1.77 bits per heavy atom. The van der Waals surface area contributed by atoms with E-state index in [1.165, 1.54) is 0 Å².